The Morgan fingerprint density at radius 1 is 1.29 bits per heavy atom. The molecule has 0 saturated heterocycles. The Labute approximate surface area is 163 Å². The Balaban J connectivity index is 1.80. The smallest absolute Gasteiger partial charge is 0.350 e. The SMILES string of the molecule is CCOC(=O)c1sc(NC(=O)c2ccc(-c3ccccc3[N+](=O)[O-])o2)nc1C. The number of para-hydroxylation sites is 1. The lowest BCUT2D eigenvalue weighted by Gasteiger charge is -2.00. The van der Waals surface area contributed by atoms with Crippen LogP contribution in [0.3, 0.4) is 0 Å². The summed E-state index contributed by atoms with van der Waals surface area (Å²) in [5.74, 6) is -0.942. The van der Waals surface area contributed by atoms with E-state index in [2.05, 4.69) is 10.3 Å². The summed E-state index contributed by atoms with van der Waals surface area (Å²) in [6.07, 6.45) is 0. The number of nitro groups is 1. The maximum atomic E-state index is 12.4. The molecule has 3 aromatic rings. The molecule has 3 rings (SSSR count). The van der Waals surface area contributed by atoms with Crippen LogP contribution in [0.5, 0.6) is 0 Å². The van der Waals surface area contributed by atoms with Crippen molar-refractivity contribution in [1.82, 2.24) is 4.98 Å². The zero-order valence-corrected chi connectivity index (χ0v) is 15.7. The van der Waals surface area contributed by atoms with Crippen molar-refractivity contribution in [3.63, 3.8) is 0 Å². The molecule has 1 N–H and O–H groups in total. The fraction of sp³-hybridized carbons (Fsp3) is 0.167. The van der Waals surface area contributed by atoms with Crippen LogP contribution in [0.25, 0.3) is 11.3 Å². The van der Waals surface area contributed by atoms with Gasteiger partial charge in [-0.05, 0) is 32.0 Å². The van der Waals surface area contributed by atoms with Gasteiger partial charge in [0.1, 0.15) is 10.6 Å². The van der Waals surface area contributed by atoms with E-state index in [1.54, 1.807) is 26.0 Å². The topological polar surface area (TPSA) is 125 Å². The first-order valence-corrected chi connectivity index (χ1v) is 9.02. The number of nitro benzene ring substituents is 1. The highest BCUT2D eigenvalue weighted by Crippen LogP contribution is 2.31. The number of amides is 1. The number of esters is 1. The van der Waals surface area contributed by atoms with Crippen LogP contribution in [0.15, 0.2) is 40.8 Å². The number of thiazole rings is 1. The first-order chi connectivity index (χ1) is 13.4. The molecule has 0 fully saturated rings. The molecule has 9 nitrogen and oxygen atoms in total. The van der Waals surface area contributed by atoms with E-state index in [0.717, 1.165) is 11.3 Å². The normalized spacial score (nSPS) is 10.5. The van der Waals surface area contributed by atoms with Crippen molar-refractivity contribution >= 4 is 34.0 Å². The minimum absolute atomic E-state index is 0.0429. The van der Waals surface area contributed by atoms with E-state index in [-0.39, 0.29) is 34.5 Å². The second-order valence-corrected chi connectivity index (χ2v) is 6.55. The molecule has 0 saturated carbocycles. The molecule has 1 aromatic carbocycles. The minimum Gasteiger partial charge on any atom is -0.462 e. The van der Waals surface area contributed by atoms with Gasteiger partial charge in [-0.2, -0.15) is 0 Å². The number of aromatic nitrogens is 1. The van der Waals surface area contributed by atoms with E-state index < -0.39 is 16.8 Å². The Bertz CT molecular complexity index is 1060. The molecule has 10 heteroatoms. The molecule has 0 atom stereocenters. The van der Waals surface area contributed by atoms with Crippen LogP contribution in [-0.4, -0.2) is 28.4 Å². The van der Waals surface area contributed by atoms with Crippen molar-refractivity contribution in [1.29, 1.82) is 0 Å². The second-order valence-electron chi connectivity index (χ2n) is 5.55. The number of benzene rings is 1. The predicted molar refractivity (Wildman–Crippen MR) is 102 cm³/mol. The number of anilines is 1. The Morgan fingerprint density at radius 3 is 2.75 bits per heavy atom. The summed E-state index contributed by atoms with van der Waals surface area (Å²) in [6.45, 7) is 3.57. The first-order valence-electron chi connectivity index (χ1n) is 8.20. The average molecular weight is 401 g/mol. The lowest BCUT2D eigenvalue weighted by Crippen LogP contribution is -2.10. The molecule has 144 valence electrons. The van der Waals surface area contributed by atoms with Gasteiger partial charge in [-0.3, -0.25) is 20.2 Å². The van der Waals surface area contributed by atoms with E-state index in [1.165, 1.54) is 24.3 Å². The molecule has 1 amide bonds. The van der Waals surface area contributed by atoms with Crippen molar-refractivity contribution in [3.8, 4) is 11.3 Å². The first kappa shape index (κ1) is 19.2. The zero-order chi connectivity index (χ0) is 20.3. The van der Waals surface area contributed by atoms with Crippen LogP contribution in [-0.2, 0) is 4.74 Å². The van der Waals surface area contributed by atoms with Crippen molar-refractivity contribution in [2.24, 2.45) is 0 Å². The molecule has 2 heterocycles. The predicted octanol–water partition coefficient (Wildman–Crippen LogP) is 4.05. The largest absolute Gasteiger partial charge is 0.462 e. The van der Waals surface area contributed by atoms with Crippen molar-refractivity contribution in [2.75, 3.05) is 11.9 Å². The second kappa shape index (κ2) is 8.01. The van der Waals surface area contributed by atoms with E-state index in [4.69, 9.17) is 9.15 Å². The summed E-state index contributed by atoms with van der Waals surface area (Å²) in [5, 5.41) is 13.9. The van der Waals surface area contributed by atoms with Crippen LogP contribution in [0, 0.1) is 17.0 Å². The fourth-order valence-corrected chi connectivity index (χ4v) is 3.30. The molecule has 0 aliphatic heterocycles. The fourth-order valence-electron chi connectivity index (χ4n) is 2.44. The summed E-state index contributed by atoms with van der Waals surface area (Å²) >= 11 is 0.992. The summed E-state index contributed by atoms with van der Waals surface area (Å²) in [7, 11) is 0. The monoisotopic (exact) mass is 401 g/mol. The van der Waals surface area contributed by atoms with Gasteiger partial charge in [-0.1, -0.05) is 23.5 Å². The van der Waals surface area contributed by atoms with Gasteiger partial charge in [0.25, 0.3) is 11.6 Å². The van der Waals surface area contributed by atoms with Gasteiger partial charge in [0, 0.05) is 6.07 Å². The van der Waals surface area contributed by atoms with Gasteiger partial charge >= 0.3 is 5.97 Å². The average Bonchev–Trinajstić information content (AvgIpc) is 3.29. The zero-order valence-electron chi connectivity index (χ0n) is 14.9. The Morgan fingerprint density at radius 2 is 2.04 bits per heavy atom. The minimum atomic E-state index is -0.589. The number of carbonyl (C=O) groups excluding carboxylic acids is 2. The van der Waals surface area contributed by atoms with Crippen LogP contribution < -0.4 is 5.32 Å². The molecule has 0 bridgehead atoms. The van der Waals surface area contributed by atoms with E-state index in [1.807, 2.05) is 0 Å². The van der Waals surface area contributed by atoms with Crippen LogP contribution in [0.2, 0.25) is 0 Å². The molecule has 0 aliphatic rings. The number of furan rings is 1. The van der Waals surface area contributed by atoms with Crippen molar-refractivity contribution < 1.29 is 23.7 Å². The van der Waals surface area contributed by atoms with Gasteiger partial charge in [0.15, 0.2) is 10.9 Å². The number of nitrogens with zero attached hydrogens (tertiary/aromatic N) is 2. The molecule has 0 radical (unpaired) electrons. The highest BCUT2D eigenvalue weighted by Gasteiger charge is 2.21. The number of hydrogen-bond donors (Lipinski definition) is 1. The van der Waals surface area contributed by atoms with Gasteiger partial charge < -0.3 is 9.15 Å². The van der Waals surface area contributed by atoms with Gasteiger partial charge in [0.05, 0.1) is 22.8 Å². The van der Waals surface area contributed by atoms with Crippen LogP contribution in [0.4, 0.5) is 10.8 Å². The van der Waals surface area contributed by atoms with Gasteiger partial charge in [-0.25, -0.2) is 9.78 Å². The number of hydrogen-bond acceptors (Lipinski definition) is 8. The molecular weight excluding hydrogens is 386 g/mol. The summed E-state index contributed by atoms with van der Waals surface area (Å²) < 4.78 is 10.4. The lowest BCUT2D eigenvalue weighted by molar-refractivity contribution is -0.384. The Hall–Kier alpha value is -3.53. The van der Waals surface area contributed by atoms with Gasteiger partial charge in [-0.15, -0.1) is 0 Å². The highest BCUT2D eigenvalue weighted by atomic mass is 32.1. The third-order valence-electron chi connectivity index (χ3n) is 3.67. The Kier molecular flexibility index (Phi) is 5.50. The molecule has 0 aliphatic carbocycles. The van der Waals surface area contributed by atoms with Crippen LogP contribution >= 0.6 is 11.3 Å². The number of aryl methyl sites for hydroxylation is 1. The lowest BCUT2D eigenvalue weighted by atomic mass is 10.1. The molecular formula is C18H15N3O6S. The number of nitrogens with one attached hydrogen (secondary N) is 1. The number of ether oxygens (including phenoxy) is 1. The summed E-state index contributed by atoms with van der Waals surface area (Å²) in [6, 6.07) is 8.97. The third-order valence-corrected chi connectivity index (χ3v) is 4.73. The number of carbonyl (C=O) groups is 2. The molecule has 28 heavy (non-hydrogen) atoms. The van der Waals surface area contributed by atoms with Crippen molar-refractivity contribution in [3.05, 3.63) is 62.8 Å². The summed E-state index contributed by atoms with van der Waals surface area (Å²) in [5.41, 5.74) is 0.582. The highest BCUT2D eigenvalue weighted by molar-refractivity contribution is 7.17. The van der Waals surface area contributed by atoms with E-state index in [0.29, 0.717) is 10.6 Å². The third kappa shape index (κ3) is 3.91. The molecule has 2 aromatic heterocycles. The quantitative estimate of drug-likeness (QED) is 0.375. The van der Waals surface area contributed by atoms with E-state index in [9.17, 15) is 19.7 Å². The maximum absolute atomic E-state index is 12.4. The molecule has 0 spiro atoms. The van der Waals surface area contributed by atoms with Crippen LogP contribution in [0.1, 0.15) is 32.8 Å². The standard InChI is InChI=1S/C18H15N3O6S/c1-3-26-17(23)15-10(2)19-18(28-15)20-16(22)14-9-8-13(27-14)11-6-4-5-7-12(11)21(24)25/h4-9H,3H2,1-2H3,(H,19,20,22). The molecule has 0 unspecified atom stereocenters. The number of rotatable bonds is 6. The van der Waals surface area contributed by atoms with Gasteiger partial charge in [0.2, 0.25) is 0 Å². The van der Waals surface area contributed by atoms with E-state index >= 15 is 0 Å². The van der Waals surface area contributed by atoms with Crippen molar-refractivity contribution in [2.45, 2.75) is 13.8 Å². The summed E-state index contributed by atoms with van der Waals surface area (Å²) in [4.78, 5) is 39.3. The maximum Gasteiger partial charge on any atom is 0.350 e.